The molecule has 0 spiro atoms. The minimum atomic E-state index is -4.15. The molecule has 1 aromatic rings. The van der Waals surface area contributed by atoms with E-state index in [9.17, 15) is 13.2 Å². The Labute approximate surface area is 109 Å². The molecule has 100 valence electrons. The predicted molar refractivity (Wildman–Crippen MR) is 67.4 cm³/mol. The molecule has 0 radical (unpaired) electrons. The highest BCUT2D eigenvalue weighted by Gasteiger charge is 2.23. The van der Waals surface area contributed by atoms with Gasteiger partial charge >= 0.3 is 0 Å². The van der Waals surface area contributed by atoms with Crippen LogP contribution in [0.5, 0.6) is 0 Å². The molecule has 1 aromatic carbocycles. The third kappa shape index (κ3) is 3.06. The number of guanidine groups is 1. The van der Waals surface area contributed by atoms with Gasteiger partial charge in [0.1, 0.15) is 11.0 Å². The van der Waals surface area contributed by atoms with Gasteiger partial charge in [0.25, 0.3) is 5.91 Å². The molecule has 0 bridgehead atoms. The minimum Gasteiger partial charge on any atom is -0.370 e. The highest BCUT2D eigenvalue weighted by atomic mass is 32.2. The van der Waals surface area contributed by atoms with E-state index in [2.05, 4.69) is 4.99 Å². The summed E-state index contributed by atoms with van der Waals surface area (Å²) in [6, 6.07) is 4.24. The fourth-order valence-corrected chi connectivity index (χ4v) is 2.48. The van der Waals surface area contributed by atoms with Gasteiger partial charge in [0.05, 0.1) is 11.1 Å². The number of sulfonamides is 1. The van der Waals surface area contributed by atoms with Gasteiger partial charge in [-0.05, 0) is 18.6 Å². The van der Waals surface area contributed by atoms with Crippen molar-refractivity contribution in [1.82, 2.24) is 0 Å². The van der Waals surface area contributed by atoms with E-state index < -0.39 is 26.8 Å². The number of hydrogen-bond donors (Lipinski definition) is 3. The number of carbonyl (C=O) groups excluding carboxylic acids is 1. The average Bonchev–Trinajstić information content (AvgIpc) is 2.25. The molecule has 0 saturated carbocycles. The second-order valence-corrected chi connectivity index (χ2v) is 5.13. The molecule has 6 N–H and O–H groups in total. The largest absolute Gasteiger partial charge is 0.370 e. The lowest BCUT2D eigenvalue weighted by Gasteiger charge is -2.08. The lowest BCUT2D eigenvalue weighted by Crippen LogP contribution is -2.24. The normalized spacial score (nSPS) is 10.6. The molecule has 0 atom stereocenters. The van der Waals surface area contributed by atoms with Crippen molar-refractivity contribution in [2.75, 3.05) is 0 Å². The van der Waals surface area contributed by atoms with Gasteiger partial charge in [-0.25, -0.2) is 13.6 Å². The summed E-state index contributed by atoms with van der Waals surface area (Å²) >= 11 is 0. The van der Waals surface area contributed by atoms with Crippen LogP contribution in [-0.2, 0) is 10.0 Å². The molecule has 0 aromatic heterocycles. The van der Waals surface area contributed by atoms with E-state index in [0.29, 0.717) is 0 Å². The topological polar surface area (TPSA) is 165 Å². The number of nitrogens with zero attached hydrogens (tertiary/aromatic N) is 2. The molecule has 0 saturated heterocycles. The van der Waals surface area contributed by atoms with E-state index in [1.807, 2.05) is 0 Å². The Morgan fingerprint density at radius 2 is 1.95 bits per heavy atom. The van der Waals surface area contributed by atoms with Crippen LogP contribution in [0.4, 0.5) is 0 Å². The van der Waals surface area contributed by atoms with Crippen molar-refractivity contribution < 1.29 is 13.2 Å². The van der Waals surface area contributed by atoms with Gasteiger partial charge in [-0.2, -0.15) is 10.3 Å². The van der Waals surface area contributed by atoms with Crippen LogP contribution in [0.2, 0.25) is 0 Å². The van der Waals surface area contributed by atoms with Gasteiger partial charge < -0.3 is 11.5 Å². The summed E-state index contributed by atoms with van der Waals surface area (Å²) in [6.07, 6.45) is 0. The standard InChI is InChI=1S/C10H11N5O3S/c1-5-2-3-6(9(16)15-10(12)13)7(4-11)8(5)19(14,17)18/h2-3H,1H3,(H2,14,17,18)(H4,12,13,15,16). The van der Waals surface area contributed by atoms with Crippen molar-refractivity contribution in [3.63, 3.8) is 0 Å². The molecule has 0 fully saturated rings. The minimum absolute atomic E-state index is 0.231. The van der Waals surface area contributed by atoms with Gasteiger partial charge in [0, 0.05) is 0 Å². The second kappa shape index (κ2) is 5.05. The van der Waals surface area contributed by atoms with E-state index in [1.54, 1.807) is 6.07 Å². The number of hydrogen-bond acceptors (Lipinski definition) is 4. The maximum absolute atomic E-state index is 11.7. The number of nitrogens with two attached hydrogens (primary N) is 3. The fourth-order valence-electron chi connectivity index (χ4n) is 1.52. The van der Waals surface area contributed by atoms with E-state index in [-0.39, 0.29) is 16.7 Å². The van der Waals surface area contributed by atoms with Crippen LogP contribution in [0.15, 0.2) is 22.0 Å². The molecule has 1 rings (SSSR count). The molecular formula is C10H11N5O3S. The smallest absolute Gasteiger partial charge is 0.281 e. The molecule has 8 nitrogen and oxygen atoms in total. The first kappa shape index (κ1) is 14.6. The third-order valence-corrected chi connectivity index (χ3v) is 3.31. The molecule has 19 heavy (non-hydrogen) atoms. The van der Waals surface area contributed by atoms with E-state index in [1.165, 1.54) is 19.1 Å². The second-order valence-electron chi connectivity index (χ2n) is 3.63. The van der Waals surface area contributed by atoms with Crippen LogP contribution in [0.3, 0.4) is 0 Å². The number of nitriles is 1. The van der Waals surface area contributed by atoms with Crippen LogP contribution >= 0.6 is 0 Å². The van der Waals surface area contributed by atoms with E-state index in [0.717, 1.165) is 0 Å². The SMILES string of the molecule is Cc1ccc(C(=O)N=C(N)N)c(C#N)c1S(N)(=O)=O. The first-order valence-corrected chi connectivity index (χ1v) is 6.43. The van der Waals surface area contributed by atoms with Crippen LogP contribution in [0.1, 0.15) is 21.5 Å². The summed E-state index contributed by atoms with van der Waals surface area (Å²) < 4.78 is 22.9. The monoisotopic (exact) mass is 281 g/mol. The number of primary sulfonamides is 1. The van der Waals surface area contributed by atoms with Crippen LogP contribution < -0.4 is 16.6 Å². The van der Waals surface area contributed by atoms with E-state index in [4.69, 9.17) is 21.9 Å². The Bertz CT molecular complexity index is 711. The number of aryl methyl sites for hydroxylation is 1. The fraction of sp³-hybridized carbons (Fsp3) is 0.100. The number of carbonyl (C=O) groups is 1. The summed E-state index contributed by atoms with van der Waals surface area (Å²) in [4.78, 5) is 14.5. The van der Waals surface area contributed by atoms with Crippen LogP contribution in [-0.4, -0.2) is 20.3 Å². The highest BCUT2D eigenvalue weighted by molar-refractivity contribution is 7.89. The molecule has 0 aliphatic carbocycles. The zero-order valence-corrected chi connectivity index (χ0v) is 10.7. The zero-order valence-electron chi connectivity index (χ0n) is 9.91. The zero-order chi connectivity index (χ0) is 14.8. The molecule has 9 heteroatoms. The van der Waals surface area contributed by atoms with Crippen molar-refractivity contribution in [2.45, 2.75) is 11.8 Å². The van der Waals surface area contributed by atoms with Crippen LogP contribution in [0.25, 0.3) is 0 Å². The van der Waals surface area contributed by atoms with Gasteiger partial charge in [-0.1, -0.05) is 6.07 Å². The highest BCUT2D eigenvalue weighted by Crippen LogP contribution is 2.22. The molecule has 0 unspecified atom stereocenters. The molecule has 0 heterocycles. The van der Waals surface area contributed by atoms with Crippen molar-refractivity contribution in [1.29, 1.82) is 5.26 Å². The van der Waals surface area contributed by atoms with Gasteiger partial charge in [0.15, 0.2) is 5.96 Å². The van der Waals surface area contributed by atoms with Crippen molar-refractivity contribution in [2.24, 2.45) is 21.6 Å². The van der Waals surface area contributed by atoms with Crippen molar-refractivity contribution in [3.8, 4) is 6.07 Å². The van der Waals surface area contributed by atoms with E-state index >= 15 is 0 Å². The first-order chi connectivity index (χ1) is 8.68. The number of aliphatic imine (C=N–C) groups is 1. The Morgan fingerprint density at radius 1 is 1.37 bits per heavy atom. The van der Waals surface area contributed by atoms with Gasteiger partial charge in [-0.15, -0.1) is 0 Å². The van der Waals surface area contributed by atoms with Gasteiger partial charge in [0.2, 0.25) is 10.0 Å². The Morgan fingerprint density at radius 3 is 2.37 bits per heavy atom. The lowest BCUT2D eigenvalue weighted by molar-refractivity contribution is 0.100. The number of rotatable bonds is 2. The molecular weight excluding hydrogens is 270 g/mol. The molecule has 0 aliphatic heterocycles. The Hall–Kier alpha value is -2.44. The first-order valence-electron chi connectivity index (χ1n) is 4.89. The molecule has 0 aliphatic rings. The summed E-state index contributed by atoms with van der Waals surface area (Å²) in [5.41, 5.74) is 9.76. The average molecular weight is 281 g/mol. The van der Waals surface area contributed by atoms with Gasteiger partial charge in [-0.3, -0.25) is 4.79 Å². The summed E-state index contributed by atoms with van der Waals surface area (Å²) in [5.74, 6) is -1.41. The molecule has 1 amide bonds. The quantitative estimate of drug-likeness (QED) is 0.461. The Kier molecular flexibility index (Phi) is 3.89. The number of benzene rings is 1. The third-order valence-electron chi connectivity index (χ3n) is 2.21. The maximum atomic E-state index is 11.7. The maximum Gasteiger partial charge on any atom is 0.281 e. The predicted octanol–water partition coefficient (Wildman–Crippen LogP) is -1.07. The van der Waals surface area contributed by atoms with Crippen LogP contribution in [0, 0.1) is 18.3 Å². The lowest BCUT2D eigenvalue weighted by atomic mass is 10.0. The summed E-state index contributed by atoms with van der Waals surface area (Å²) in [6.45, 7) is 1.45. The number of amides is 1. The summed E-state index contributed by atoms with van der Waals surface area (Å²) in [5, 5.41) is 14.1. The summed E-state index contributed by atoms with van der Waals surface area (Å²) in [7, 11) is -4.15. The Balaban J connectivity index is 3.69. The van der Waals surface area contributed by atoms with Crippen molar-refractivity contribution >= 4 is 21.9 Å². The van der Waals surface area contributed by atoms with Crippen molar-refractivity contribution in [3.05, 3.63) is 28.8 Å².